The molecule has 3 aromatic rings. The van der Waals surface area contributed by atoms with Crippen molar-refractivity contribution >= 4 is 21.6 Å². The Balaban J connectivity index is 1.51. The molecule has 0 spiro atoms. The SMILES string of the molecule is Cc1cccc(CN[C@@H]2CCc3c(sc4ncn(CCN(C)C)c(=O)c34)C2)c1. The van der Waals surface area contributed by atoms with Gasteiger partial charge in [-0.15, -0.1) is 11.3 Å². The van der Waals surface area contributed by atoms with E-state index in [1.165, 1.54) is 21.6 Å². The van der Waals surface area contributed by atoms with Crippen LogP contribution < -0.4 is 10.9 Å². The minimum Gasteiger partial charge on any atom is -0.310 e. The number of thiophene rings is 1. The number of hydrogen-bond acceptors (Lipinski definition) is 5. The molecule has 1 N–H and O–H groups in total. The summed E-state index contributed by atoms with van der Waals surface area (Å²) >= 11 is 1.70. The van der Waals surface area contributed by atoms with Crippen LogP contribution in [0.4, 0.5) is 0 Å². The molecule has 5 nitrogen and oxygen atoms in total. The number of fused-ring (bicyclic) bond motifs is 3. The Bertz CT molecular complexity index is 1040. The lowest BCUT2D eigenvalue weighted by molar-refractivity contribution is 0.380. The standard InChI is InChI=1S/C22H28N4OS/c1-15-5-4-6-16(11-15)13-23-17-7-8-18-19(12-17)28-21-20(18)22(27)26(14-24-21)10-9-25(2)3/h4-6,11,14,17,23H,7-10,12-13H2,1-3H3/t17-/m1/s1. The van der Waals surface area contributed by atoms with Crippen molar-refractivity contribution in [1.82, 2.24) is 19.8 Å². The largest absolute Gasteiger partial charge is 0.310 e. The van der Waals surface area contributed by atoms with Crippen LogP contribution in [0.25, 0.3) is 10.2 Å². The zero-order valence-corrected chi connectivity index (χ0v) is 17.7. The third kappa shape index (κ3) is 4.04. The maximum Gasteiger partial charge on any atom is 0.262 e. The van der Waals surface area contributed by atoms with Crippen molar-refractivity contribution in [2.75, 3.05) is 20.6 Å². The van der Waals surface area contributed by atoms with Crippen molar-refractivity contribution in [2.24, 2.45) is 0 Å². The normalized spacial score (nSPS) is 16.6. The number of likely N-dealkylation sites (N-methyl/N-ethyl adjacent to an activating group) is 1. The van der Waals surface area contributed by atoms with Gasteiger partial charge in [-0.2, -0.15) is 0 Å². The van der Waals surface area contributed by atoms with Crippen molar-refractivity contribution in [3.05, 3.63) is 62.5 Å². The molecule has 4 rings (SSSR count). The molecule has 0 unspecified atom stereocenters. The molecule has 0 saturated heterocycles. The van der Waals surface area contributed by atoms with Gasteiger partial charge in [0.25, 0.3) is 5.56 Å². The fraction of sp³-hybridized carbons (Fsp3) is 0.455. The summed E-state index contributed by atoms with van der Waals surface area (Å²) in [6.45, 7) is 4.54. The highest BCUT2D eigenvalue weighted by atomic mass is 32.1. The van der Waals surface area contributed by atoms with Gasteiger partial charge in [-0.1, -0.05) is 29.8 Å². The Labute approximate surface area is 170 Å². The Hall–Kier alpha value is -2.02. The van der Waals surface area contributed by atoms with Crippen LogP contribution in [-0.4, -0.2) is 41.1 Å². The highest BCUT2D eigenvalue weighted by molar-refractivity contribution is 7.18. The molecule has 0 saturated carbocycles. The van der Waals surface area contributed by atoms with E-state index in [0.29, 0.717) is 12.6 Å². The van der Waals surface area contributed by atoms with Crippen LogP contribution >= 0.6 is 11.3 Å². The summed E-state index contributed by atoms with van der Waals surface area (Å²) in [5.41, 5.74) is 3.99. The van der Waals surface area contributed by atoms with E-state index < -0.39 is 0 Å². The van der Waals surface area contributed by atoms with E-state index >= 15 is 0 Å². The van der Waals surface area contributed by atoms with Gasteiger partial charge >= 0.3 is 0 Å². The van der Waals surface area contributed by atoms with Gasteiger partial charge in [0, 0.05) is 30.6 Å². The third-order valence-corrected chi connectivity index (χ3v) is 6.66. The molecule has 6 heteroatoms. The van der Waals surface area contributed by atoms with Crippen LogP contribution in [0, 0.1) is 6.92 Å². The lowest BCUT2D eigenvalue weighted by atomic mass is 9.93. The molecular formula is C22H28N4OS. The first-order chi connectivity index (χ1) is 13.5. The highest BCUT2D eigenvalue weighted by Gasteiger charge is 2.25. The van der Waals surface area contributed by atoms with Gasteiger partial charge < -0.3 is 10.2 Å². The first kappa shape index (κ1) is 19.3. The van der Waals surface area contributed by atoms with Crippen LogP contribution in [0.3, 0.4) is 0 Å². The molecule has 0 radical (unpaired) electrons. The van der Waals surface area contributed by atoms with E-state index in [2.05, 4.69) is 46.4 Å². The molecule has 148 valence electrons. The first-order valence-corrected chi connectivity index (χ1v) is 10.8. The average Bonchev–Trinajstić information content (AvgIpc) is 3.04. The monoisotopic (exact) mass is 396 g/mol. The molecule has 2 aromatic heterocycles. The lowest BCUT2D eigenvalue weighted by Gasteiger charge is -2.23. The van der Waals surface area contributed by atoms with Crippen molar-refractivity contribution in [1.29, 1.82) is 0 Å². The number of nitrogens with zero attached hydrogens (tertiary/aromatic N) is 3. The summed E-state index contributed by atoms with van der Waals surface area (Å²) in [5.74, 6) is 0. The molecule has 1 atom stereocenters. The van der Waals surface area contributed by atoms with Crippen molar-refractivity contribution in [3.63, 3.8) is 0 Å². The Morgan fingerprint density at radius 1 is 1.36 bits per heavy atom. The molecule has 0 amide bonds. The van der Waals surface area contributed by atoms with E-state index in [1.807, 2.05) is 14.1 Å². The van der Waals surface area contributed by atoms with Crippen LogP contribution in [0.5, 0.6) is 0 Å². The molecule has 1 aliphatic carbocycles. The van der Waals surface area contributed by atoms with Gasteiger partial charge in [0.05, 0.1) is 11.7 Å². The zero-order valence-electron chi connectivity index (χ0n) is 16.9. The highest BCUT2D eigenvalue weighted by Crippen LogP contribution is 2.33. The summed E-state index contributed by atoms with van der Waals surface area (Å²) in [7, 11) is 4.04. The summed E-state index contributed by atoms with van der Waals surface area (Å²) in [6.07, 6.45) is 4.72. The number of aryl methyl sites for hydroxylation is 2. The molecule has 1 aliphatic rings. The smallest absolute Gasteiger partial charge is 0.262 e. The second-order valence-electron chi connectivity index (χ2n) is 8.04. The third-order valence-electron chi connectivity index (χ3n) is 5.50. The summed E-state index contributed by atoms with van der Waals surface area (Å²) < 4.78 is 1.76. The van der Waals surface area contributed by atoms with Crippen LogP contribution in [0.2, 0.25) is 0 Å². The quantitative estimate of drug-likeness (QED) is 0.696. The van der Waals surface area contributed by atoms with Gasteiger partial charge in [0.2, 0.25) is 0 Å². The molecule has 28 heavy (non-hydrogen) atoms. The molecule has 0 fully saturated rings. The van der Waals surface area contributed by atoms with Crippen molar-refractivity contribution in [2.45, 2.75) is 45.3 Å². The number of rotatable bonds is 6. The van der Waals surface area contributed by atoms with Crippen LogP contribution in [0.15, 0.2) is 35.4 Å². The minimum absolute atomic E-state index is 0.121. The van der Waals surface area contributed by atoms with Crippen molar-refractivity contribution in [3.8, 4) is 0 Å². The Morgan fingerprint density at radius 3 is 3.00 bits per heavy atom. The van der Waals surface area contributed by atoms with E-state index in [9.17, 15) is 4.79 Å². The van der Waals surface area contributed by atoms with E-state index in [0.717, 1.165) is 42.6 Å². The average molecular weight is 397 g/mol. The Morgan fingerprint density at radius 2 is 2.21 bits per heavy atom. The number of benzene rings is 1. The summed E-state index contributed by atoms with van der Waals surface area (Å²) in [5, 5.41) is 4.57. The van der Waals surface area contributed by atoms with E-state index in [1.54, 1.807) is 22.2 Å². The fourth-order valence-corrected chi connectivity index (χ4v) is 5.18. The topological polar surface area (TPSA) is 50.2 Å². The molecular weight excluding hydrogens is 368 g/mol. The predicted octanol–water partition coefficient (Wildman–Crippen LogP) is 2.98. The van der Waals surface area contributed by atoms with Gasteiger partial charge in [-0.05, 0) is 51.4 Å². The first-order valence-electron chi connectivity index (χ1n) is 9.94. The van der Waals surface area contributed by atoms with Crippen molar-refractivity contribution < 1.29 is 0 Å². The van der Waals surface area contributed by atoms with E-state index in [-0.39, 0.29) is 5.56 Å². The molecule has 0 aliphatic heterocycles. The molecule has 1 aromatic carbocycles. The predicted molar refractivity (Wildman–Crippen MR) is 116 cm³/mol. The van der Waals surface area contributed by atoms with Gasteiger partial charge in [0.15, 0.2) is 0 Å². The molecule has 2 heterocycles. The second kappa shape index (κ2) is 8.15. The van der Waals surface area contributed by atoms with Crippen LogP contribution in [-0.2, 0) is 25.9 Å². The van der Waals surface area contributed by atoms with Gasteiger partial charge in [0.1, 0.15) is 4.83 Å². The minimum atomic E-state index is 0.121. The fourth-order valence-electron chi connectivity index (χ4n) is 3.93. The summed E-state index contributed by atoms with van der Waals surface area (Å²) in [4.78, 5) is 21.9. The number of aromatic nitrogens is 2. The summed E-state index contributed by atoms with van der Waals surface area (Å²) in [6, 6.07) is 9.11. The second-order valence-corrected chi connectivity index (χ2v) is 9.12. The molecule has 0 bridgehead atoms. The maximum absolute atomic E-state index is 13.0. The number of nitrogens with one attached hydrogen (secondary N) is 1. The lowest BCUT2D eigenvalue weighted by Crippen LogP contribution is -2.34. The van der Waals surface area contributed by atoms with Crippen LogP contribution in [0.1, 0.15) is 28.0 Å². The maximum atomic E-state index is 13.0. The number of hydrogen-bond donors (Lipinski definition) is 1. The van der Waals surface area contributed by atoms with E-state index in [4.69, 9.17) is 0 Å². The Kier molecular flexibility index (Phi) is 5.62. The zero-order chi connectivity index (χ0) is 19.7. The van der Waals surface area contributed by atoms with Gasteiger partial charge in [-0.3, -0.25) is 9.36 Å². The van der Waals surface area contributed by atoms with Gasteiger partial charge in [-0.25, -0.2) is 4.98 Å².